The van der Waals surface area contributed by atoms with Gasteiger partial charge in [0.2, 0.25) is 0 Å². The highest BCUT2D eigenvalue weighted by Gasteiger charge is 2.40. The highest BCUT2D eigenvalue weighted by atomic mass is 32.2. The Kier molecular flexibility index (Phi) is 13.0. The summed E-state index contributed by atoms with van der Waals surface area (Å²) in [5.41, 5.74) is 7.74. The number of sulfone groups is 1. The topological polar surface area (TPSA) is 52.6 Å². The number of hydrogen-bond acceptors (Lipinski definition) is 4. The molecule has 44 heavy (non-hydrogen) atoms. The summed E-state index contributed by atoms with van der Waals surface area (Å²) in [5, 5.41) is -0.682. The van der Waals surface area contributed by atoms with Gasteiger partial charge in [0.25, 0.3) is 0 Å². The molecule has 0 amide bonds. The minimum absolute atomic E-state index is 0.362. The molecule has 0 saturated heterocycles. The normalized spacial score (nSPS) is 17.9. The number of unbranched alkanes of at least 4 members (excludes halogenated alkanes) is 1. The van der Waals surface area contributed by atoms with Gasteiger partial charge in [-0.3, -0.25) is 0 Å². The summed E-state index contributed by atoms with van der Waals surface area (Å²) in [6.45, 7) is 19.8. The zero-order valence-corrected chi connectivity index (χ0v) is 29.6. The van der Waals surface area contributed by atoms with Crippen molar-refractivity contribution in [1.82, 2.24) is 0 Å². The van der Waals surface area contributed by atoms with E-state index in [9.17, 15) is 8.42 Å². The van der Waals surface area contributed by atoms with Crippen LogP contribution >= 0.6 is 0 Å². The van der Waals surface area contributed by atoms with Gasteiger partial charge in [-0.15, -0.1) is 0 Å². The molecule has 242 valence electrons. The van der Waals surface area contributed by atoms with Crippen LogP contribution in [-0.2, 0) is 16.3 Å². The number of hydrogen-bond donors (Lipinski definition) is 0. The third kappa shape index (κ3) is 9.36. The lowest BCUT2D eigenvalue weighted by Gasteiger charge is -2.39. The SMILES string of the molecule is CCCCOc1c(C)c(C)c2c(c1C)CC[C@](C)(CC(/C=C(\C)CC/C=C(\C)CCC=C(C)C)S(=O)(=O)c1ccccc1)O2. The van der Waals surface area contributed by atoms with Crippen molar-refractivity contribution in [1.29, 1.82) is 0 Å². The van der Waals surface area contributed by atoms with Gasteiger partial charge in [0.15, 0.2) is 9.84 Å². The minimum atomic E-state index is -3.62. The maximum atomic E-state index is 14.1. The van der Waals surface area contributed by atoms with E-state index in [0.717, 1.165) is 85.1 Å². The highest BCUT2D eigenvalue weighted by Crippen LogP contribution is 2.45. The number of fused-ring (bicyclic) bond motifs is 1. The molecule has 3 rings (SSSR count). The smallest absolute Gasteiger partial charge is 0.184 e. The first-order valence-corrected chi connectivity index (χ1v) is 18.0. The molecule has 0 spiro atoms. The summed E-state index contributed by atoms with van der Waals surface area (Å²) in [7, 11) is -3.62. The van der Waals surface area contributed by atoms with E-state index in [-0.39, 0.29) is 0 Å². The lowest BCUT2D eigenvalue weighted by Crippen LogP contribution is -2.42. The molecular formula is C39H56O4S. The molecule has 2 aromatic carbocycles. The molecule has 2 atom stereocenters. The van der Waals surface area contributed by atoms with Gasteiger partial charge in [-0.1, -0.05) is 66.5 Å². The fraction of sp³-hybridized carbons (Fsp3) is 0.538. The van der Waals surface area contributed by atoms with Crippen LogP contribution < -0.4 is 9.47 Å². The van der Waals surface area contributed by atoms with Crippen LogP contribution in [-0.4, -0.2) is 25.9 Å². The van der Waals surface area contributed by atoms with Crippen LogP contribution in [0, 0.1) is 20.8 Å². The van der Waals surface area contributed by atoms with Crippen molar-refractivity contribution in [2.45, 2.75) is 136 Å². The maximum Gasteiger partial charge on any atom is 0.184 e. The van der Waals surface area contributed by atoms with Gasteiger partial charge >= 0.3 is 0 Å². The predicted octanol–water partition coefficient (Wildman–Crippen LogP) is 10.5. The van der Waals surface area contributed by atoms with Gasteiger partial charge < -0.3 is 9.47 Å². The second-order valence-corrected chi connectivity index (χ2v) is 15.5. The number of ether oxygens (including phenoxy) is 2. The summed E-state index contributed by atoms with van der Waals surface area (Å²) in [6, 6.07) is 8.87. The summed E-state index contributed by atoms with van der Waals surface area (Å²) >= 11 is 0. The summed E-state index contributed by atoms with van der Waals surface area (Å²) in [4.78, 5) is 0.362. The first-order chi connectivity index (χ1) is 20.8. The summed E-state index contributed by atoms with van der Waals surface area (Å²) < 4.78 is 41.3. The molecule has 0 aliphatic carbocycles. The van der Waals surface area contributed by atoms with Gasteiger partial charge in [0, 0.05) is 12.0 Å². The zero-order valence-electron chi connectivity index (χ0n) is 28.8. The molecule has 0 aromatic heterocycles. The monoisotopic (exact) mass is 620 g/mol. The molecule has 0 bridgehead atoms. The van der Waals surface area contributed by atoms with E-state index in [4.69, 9.17) is 9.47 Å². The second-order valence-electron chi connectivity index (χ2n) is 13.3. The van der Waals surface area contributed by atoms with Crippen molar-refractivity contribution in [3.63, 3.8) is 0 Å². The van der Waals surface area contributed by atoms with Crippen molar-refractivity contribution in [2.24, 2.45) is 0 Å². The van der Waals surface area contributed by atoms with E-state index in [2.05, 4.69) is 74.5 Å². The Labute approximate surface area is 268 Å². The summed E-state index contributed by atoms with van der Waals surface area (Å²) in [6.07, 6.45) is 14.5. The van der Waals surface area contributed by atoms with E-state index >= 15 is 0 Å². The van der Waals surface area contributed by atoms with Crippen molar-refractivity contribution in [3.8, 4) is 11.5 Å². The first-order valence-electron chi connectivity index (χ1n) is 16.5. The van der Waals surface area contributed by atoms with Crippen molar-refractivity contribution >= 4 is 9.84 Å². The fourth-order valence-electron chi connectivity index (χ4n) is 6.07. The van der Waals surface area contributed by atoms with Gasteiger partial charge in [-0.05, 0) is 129 Å². The average Bonchev–Trinajstić information content (AvgIpc) is 2.97. The van der Waals surface area contributed by atoms with Crippen molar-refractivity contribution < 1.29 is 17.9 Å². The van der Waals surface area contributed by atoms with Crippen LogP contribution in [0.3, 0.4) is 0 Å². The average molecular weight is 621 g/mol. The van der Waals surface area contributed by atoms with E-state index < -0.39 is 20.7 Å². The number of rotatable bonds is 15. The Morgan fingerprint density at radius 3 is 2.27 bits per heavy atom. The molecule has 2 aromatic rings. The standard InChI is InChI=1S/C39H56O4S/c1-10-11-25-42-37-31(6)32(7)38-36(33(37)8)23-24-39(9,43-38)27-35(44(40,41)34-21-13-12-14-22-34)26-30(5)20-16-19-29(4)18-15-17-28(2)3/h12-14,17,19,21-22,26,35H,10-11,15-16,18,20,23-25,27H2,1-9H3/b29-19+,30-26+/t35?,39-/m1/s1. The lowest BCUT2D eigenvalue weighted by molar-refractivity contribution is 0.0564. The van der Waals surface area contributed by atoms with E-state index in [0.29, 0.717) is 17.9 Å². The molecule has 0 N–H and O–H groups in total. The van der Waals surface area contributed by atoms with Crippen LogP contribution in [0.5, 0.6) is 11.5 Å². The van der Waals surface area contributed by atoms with Gasteiger partial charge in [-0.25, -0.2) is 8.42 Å². The van der Waals surface area contributed by atoms with Gasteiger partial charge in [0.05, 0.1) is 16.8 Å². The van der Waals surface area contributed by atoms with Crippen LogP contribution in [0.25, 0.3) is 0 Å². The number of benzene rings is 2. The molecule has 0 saturated carbocycles. The van der Waals surface area contributed by atoms with Crippen LogP contribution in [0.15, 0.2) is 70.2 Å². The zero-order chi connectivity index (χ0) is 32.5. The Morgan fingerprint density at radius 1 is 0.955 bits per heavy atom. The van der Waals surface area contributed by atoms with Crippen molar-refractivity contribution in [2.75, 3.05) is 6.61 Å². The molecule has 0 fully saturated rings. The maximum absolute atomic E-state index is 14.1. The lowest BCUT2D eigenvalue weighted by atomic mass is 9.84. The molecule has 1 heterocycles. The van der Waals surface area contributed by atoms with Crippen LogP contribution in [0.4, 0.5) is 0 Å². The Balaban J connectivity index is 1.88. The Morgan fingerprint density at radius 2 is 1.61 bits per heavy atom. The highest BCUT2D eigenvalue weighted by molar-refractivity contribution is 7.92. The first kappa shape index (κ1) is 35.7. The molecule has 5 heteroatoms. The second kappa shape index (κ2) is 16.0. The predicted molar refractivity (Wildman–Crippen MR) is 186 cm³/mol. The number of allylic oxidation sites excluding steroid dienone is 5. The molecule has 1 aliphatic heterocycles. The Hall–Kier alpha value is -2.79. The molecule has 1 aliphatic rings. The van der Waals surface area contributed by atoms with Crippen LogP contribution in [0.2, 0.25) is 0 Å². The van der Waals surface area contributed by atoms with Gasteiger partial charge in [0.1, 0.15) is 17.1 Å². The molecular weight excluding hydrogens is 564 g/mol. The largest absolute Gasteiger partial charge is 0.493 e. The van der Waals surface area contributed by atoms with Crippen molar-refractivity contribution in [3.05, 3.63) is 87.5 Å². The van der Waals surface area contributed by atoms with E-state index in [1.54, 1.807) is 24.3 Å². The van der Waals surface area contributed by atoms with Gasteiger partial charge in [-0.2, -0.15) is 0 Å². The van der Waals surface area contributed by atoms with E-state index in [1.165, 1.54) is 16.7 Å². The molecule has 4 nitrogen and oxygen atoms in total. The minimum Gasteiger partial charge on any atom is -0.493 e. The molecule has 0 radical (unpaired) electrons. The third-order valence-corrected chi connectivity index (χ3v) is 11.0. The van der Waals surface area contributed by atoms with E-state index in [1.807, 2.05) is 12.1 Å². The molecule has 1 unspecified atom stereocenters. The Bertz CT molecular complexity index is 1460. The third-order valence-electron chi connectivity index (χ3n) is 9.00. The summed E-state index contributed by atoms with van der Waals surface area (Å²) in [5.74, 6) is 1.88. The fourth-order valence-corrected chi connectivity index (χ4v) is 7.94. The quantitative estimate of drug-likeness (QED) is 0.147. The van der Waals surface area contributed by atoms with Crippen LogP contribution in [0.1, 0.15) is 115 Å².